The quantitative estimate of drug-likeness (QED) is 0.578. The predicted octanol–water partition coefficient (Wildman–Crippen LogP) is 2.26. The molecule has 1 saturated carbocycles. The second-order valence-corrected chi connectivity index (χ2v) is 3.26. The molecule has 0 aromatic heterocycles. The Morgan fingerprint density at radius 2 is 2.18 bits per heavy atom. The van der Waals surface area contributed by atoms with Crippen LogP contribution in [0.1, 0.15) is 26.2 Å². The van der Waals surface area contributed by atoms with Crippen molar-refractivity contribution in [2.24, 2.45) is 11.8 Å². The van der Waals surface area contributed by atoms with Gasteiger partial charge in [-0.2, -0.15) is 0 Å². The summed E-state index contributed by atoms with van der Waals surface area (Å²) in [5.74, 6) is -0.683. The zero-order valence-corrected chi connectivity index (χ0v) is 6.52. The molecule has 0 radical (unpaired) electrons. The Balaban J connectivity index is 2.54. The molecule has 2 unspecified atom stereocenters. The van der Waals surface area contributed by atoms with Gasteiger partial charge in [-0.1, -0.05) is 6.92 Å². The van der Waals surface area contributed by atoms with Crippen LogP contribution in [0.15, 0.2) is 0 Å². The van der Waals surface area contributed by atoms with Crippen molar-refractivity contribution in [1.82, 2.24) is 0 Å². The van der Waals surface area contributed by atoms with Gasteiger partial charge in [0.2, 0.25) is 6.43 Å². The maximum Gasteiger partial charge on any atom is 0.242 e. The molecule has 64 valence electrons. The molecule has 0 aromatic rings. The Bertz CT molecular complexity index is 156. The van der Waals surface area contributed by atoms with Crippen molar-refractivity contribution < 1.29 is 13.6 Å². The SMILES string of the molecule is CC1CCC(=O)CC1C(F)F. The lowest BCUT2D eigenvalue weighted by Crippen LogP contribution is -2.28. The third kappa shape index (κ3) is 1.98. The summed E-state index contributed by atoms with van der Waals surface area (Å²) in [5.41, 5.74) is 0. The minimum atomic E-state index is -2.32. The van der Waals surface area contributed by atoms with Crippen molar-refractivity contribution in [2.45, 2.75) is 32.6 Å². The van der Waals surface area contributed by atoms with Gasteiger partial charge >= 0.3 is 0 Å². The van der Waals surface area contributed by atoms with Gasteiger partial charge in [-0.05, 0) is 12.3 Å². The standard InChI is InChI=1S/C8H12F2O/c1-5-2-3-6(11)4-7(5)8(9)10/h5,7-8H,2-4H2,1H3. The topological polar surface area (TPSA) is 17.1 Å². The first-order valence-electron chi connectivity index (χ1n) is 3.91. The zero-order chi connectivity index (χ0) is 8.43. The summed E-state index contributed by atoms with van der Waals surface area (Å²) in [6, 6.07) is 0. The van der Waals surface area contributed by atoms with Crippen LogP contribution in [-0.4, -0.2) is 12.2 Å². The maximum atomic E-state index is 12.2. The first-order valence-corrected chi connectivity index (χ1v) is 3.91. The largest absolute Gasteiger partial charge is 0.300 e. The summed E-state index contributed by atoms with van der Waals surface area (Å²) in [7, 11) is 0. The Kier molecular flexibility index (Phi) is 2.58. The van der Waals surface area contributed by atoms with Crippen LogP contribution < -0.4 is 0 Å². The van der Waals surface area contributed by atoms with Crippen molar-refractivity contribution >= 4 is 5.78 Å². The van der Waals surface area contributed by atoms with E-state index < -0.39 is 12.3 Å². The van der Waals surface area contributed by atoms with Crippen LogP contribution in [0.5, 0.6) is 0 Å². The van der Waals surface area contributed by atoms with E-state index in [4.69, 9.17) is 0 Å². The van der Waals surface area contributed by atoms with Gasteiger partial charge in [-0.3, -0.25) is 4.79 Å². The van der Waals surface area contributed by atoms with Crippen molar-refractivity contribution in [3.05, 3.63) is 0 Å². The summed E-state index contributed by atoms with van der Waals surface area (Å²) < 4.78 is 24.4. The van der Waals surface area contributed by atoms with Gasteiger partial charge in [0.05, 0.1) is 0 Å². The molecule has 0 amide bonds. The number of Topliss-reactive ketones (excluding diaryl/α,β-unsaturated/α-hetero) is 1. The van der Waals surface area contributed by atoms with Gasteiger partial charge in [0.25, 0.3) is 0 Å². The molecule has 11 heavy (non-hydrogen) atoms. The van der Waals surface area contributed by atoms with E-state index in [9.17, 15) is 13.6 Å². The molecule has 0 aliphatic heterocycles. The van der Waals surface area contributed by atoms with Crippen LogP contribution >= 0.6 is 0 Å². The van der Waals surface area contributed by atoms with E-state index in [0.29, 0.717) is 12.8 Å². The van der Waals surface area contributed by atoms with Crippen LogP contribution in [0.2, 0.25) is 0 Å². The smallest absolute Gasteiger partial charge is 0.242 e. The predicted molar refractivity (Wildman–Crippen MR) is 37.5 cm³/mol. The Hall–Kier alpha value is -0.470. The Morgan fingerprint density at radius 1 is 1.55 bits per heavy atom. The van der Waals surface area contributed by atoms with E-state index in [1.807, 2.05) is 0 Å². The minimum Gasteiger partial charge on any atom is -0.300 e. The fraction of sp³-hybridized carbons (Fsp3) is 0.875. The van der Waals surface area contributed by atoms with Crippen molar-refractivity contribution in [3.8, 4) is 0 Å². The molecule has 3 heteroatoms. The fourth-order valence-electron chi connectivity index (χ4n) is 1.51. The highest BCUT2D eigenvalue weighted by Gasteiger charge is 2.32. The van der Waals surface area contributed by atoms with Gasteiger partial charge in [0, 0.05) is 18.8 Å². The highest BCUT2D eigenvalue weighted by molar-refractivity contribution is 5.79. The van der Waals surface area contributed by atoms with E-state index in [1.165, 1.54) is 0 Å². The van der Waals surface area contributed by atoms with Crippen molar-refractivity contribution in [3.63, 3.8) is 0 Å². The van der Waals surface area contributed by atoms with Crippen LogP contribution in [-0.2, 0) is 4.79 Å². The molecular formula is C8H12F2O. The summed E-state index contributed by atoms with van der Waals surface area (Å²) in [6.07, 6.45) is -1.12. The van der Waals surface area contributed by atoms with E-state index in [1.54, 1.807) is 6.92 Å². The Morgan fingerprint density at radius 3 is 2.64 bits per heavy atom. The molecule has 0 N–H and O–H groups in total. The number of hydrogen-bond acceptors (Lipinski definition) is 1. The van der Waals surface area contributed by atoms with Crippen LogP contribution in [0.4, 0.5) is 8.78 Å². The van der Waals surface area contributed by atoms with Gasteiger partial charge in [-0.25, -0.2) is 8.78 Å². The van der Waals surface area contributed by atoms with Crippen molar-refractivity contribution in [1.29, 1.82) is 0 Å². The van der Waals surface area contributed by atoms with Crippen LogP contribution in [0, 0.1) is 11.8 Å². The summed E-state index contributed by atoms with van der Waals surface area (Å²) >= 11 is 0. The van der Waals surface area contributed by atoms with Crippen LogP contribution in [0.3, 0.4) is 0 Å². The first kappa shape index (κ1) is 8.62. The van der Waals surface area contributed by atoms with Gasteiger partial charge in [0.1, 0.15) is 5.78 Å². The molecule has 0 aromatic carbocycles. The molecule has 0 heterocycles. The lowest BCUT2D eigenvalue weighted by Gasteiger charge is -2.26. The van der Waals surface area contributed by atoms with Gasteiger partial charge < -0.3 is 0 Å². The summed E-state index contributed by atoms with van der Waals surface area (Å²) in [6.45, 7) is 1.79. The second kappa shape index (κ2) is 3.28. The zero-order valence-electron chi connectivity index (χ0n) is 6.52. The second-order valence-electron chi connectivity index (χ2n) is 3.26. The van der Waals surface area contributed by atoms with Gasteiger partial charge in [-0.15, -0.1) is 0 Å². The van der Waals surface area contributed by atoms with E-state index in [0.717, 1.165) is 0 Å². The molecule has 2 atom stereocenters. The first-order chi connectivity index (χ1) is 5.11. The van der Waals surface area contributed by atoms with E-state index in [2.05, 4.69) is 0 Å². The molecular weight excluding hydrogens is 150 g/mol. The number of rotatable bonds is 1. The molecule has 1 fully saturated rings. The third-order valence-corrected chi connectivity index (χ3v) is 2.40. The average molecular weight is 162 g/mol. The highest BCUT2D eigenvalue weighted by Crippen LogP contribution is 2.31. The molecule has 1 aliphatic carbocycles. The average Bonchev–Trinajstić information content (AvgIpc) is 1.94. The van der Waals surface area contributed by atoms with E-state index in [-0.39, 0.29) is 18.1 Å². The molecule has 0 bridgehead atoms. The highest BCUT2D eigenvalue weighted by atomic mass is 19.3. The molecule has 1 rings (SSSR count). The summed E-state index contributed by atoms with van der Waals surface area (Å²) in [5, 5.41) is 0. The maximum absolute atomic E-state index is 12.2. The molecule has 0 spiro atoms. The molecule has 0 saturated heterocycles. The molecule has 1 aliphatic rings. The lowest BCUT2D eigenvalue weighted by molar-refractivity contribution is -0.125. The van der Waals surface area contributed by atoms with E-state index >= 15 is 0 Å². The normalized spacial score (nSPS) is 32.9. The Labute approximate surface area is 64.8 Å². The number of carbonyl (C=O) groups excluding carboxylic acids is 1. The van der Waals surface area contributed by atoms with Gasteiger partial charge in [0.15, 0.2) is 0 Å². The summed E-state index contributed by atoms with van der Waals surface area (Å²) in [4.78, 5) is 10.8. The molecule has 1 nitrogen and oxygen atoms in total. The minimum absolute atomic E-state index is 0.00611. The number of carbonyl (C=O) groups is 1. The number of hydrogen-bond donors (Lipinski definition) is 0. The number of ketones is 1. The number of halogens is 2. The third-order valence-electron chi connectivity index (χ3n) is 2.40. The van der Waals surface area contributed by atoms with Crippen molar-refractivity contribution in [2.75, 3.05) is 0 Å². The lowest BCUT2D eigenvalue weighted by atomic mass is 9.80. The number of alkyl halides is 2. The monoisotopic (exact) mass is 162 g/mol. The fourth-order valence-corrected chi connectivity index (χ4v) is 1.51. The van der Waals surface area contributed by atoms with Crippen LogP contribution in [0.25, 0.3) is 0 Å².